The largest absolute Gasteiger partial charge is 0.389 e. The molecule has 0 amide bonds. The Labute approximate surface area is 88.8 Å². The summed E-state index contributed by atoms with van der Waals surface area (Å²) in [5, 5.41) is 26.0. The van der Waals surface area contributed by atoms with Crippen molar-refractivity contribution in [2.45, 2.75) is 30.8 Å². The number of aliphatic hydroxyl groups excluding tert-OH is 2. The lowest BCUT2D eigenvalue weighted by molar-refractivity contribution is 0.0572. The molecule has 1 heterocycles. The van der Waals surface area contributed by atoms with Crippen LogP contribution in [0.2, 0.25) is 0 Å². The van der Waals surface area contributed by atoms with E-state index < -0.39 is 27.5 Å². The summed E-state index contributed by atoms with van der Waals surface area (Å²) in [7, 11) is -3.71. The molecule has 0 aliphatic carbocycles. The molecule has 1 aliphatic heterocycles. The van der Waals surface area contributed by atoms with Crippen LogP contribution in [0.15, 0.2) is 0 Å². The highest BCUT2D eigenvalue weighted by molar-refractivity contribution is 7.90. The Morgan fingerprint density at radius 3 is 2.27 bits per heavy atom. The minimum atomic E-state index is -3.71. The van der Waals surface area contributed by atoms with Crippen molar-refractivity contribution in [1.82, 2.24) is 4.31 Å². The van der Waals surface area contributed by atoms with E-state index in [1.165, 1.54) is 0 Å². The van der Waals surface area contributed by atoms with Gasteiger partial charge in [-0.2, -0.15) is 9.57 Å². The van der Waals surface area contributed by atoms with Gasteiger partial charge in [0.1, 0.15) is 0 Å². The second-order valence-corrected chi connectivity index (χ2v) is 5.64. The van der Waals surface area contributed by atoms with E-state index in [1.54, 1.807) is 13.0 Å². The molecule has 1 rings (SSSR count). The van der Waals surface area contributed by atoms with Crippen molar-refractivity contribution in [3.63, 3.8) is 0 Å². The van der Waals surface area contributed by atoms with Crippen LogP contribution in [0, 0.1) is 11.3 Å². The highest BCUT2D eigenvalue weighted by Gasteiger charge is 2.40. The zero-order valence-corrected chi connectivity index (χ0v) is 9.18. The quantitative estimate of drug-likeness (QED) is 0.629. The second kappa shape index (κ2) is 4.45. The third-order valence-electron chi connectivity index (χ3n) is 2.46. The highest BCUT2D eigenvalue weighted by Crippen LogP contribution is 2.19. The van der Waals surface area contributed by atoms with Gasteiger partial charge in [-0.05, 0) is 6.42 Å². The fourth-order valence-corrected chi connectivity index (χ4v) is 3.13. The summed E-state index contributed by atoms with van der Waals surface area (Å²) in [6.45, 7) is 1.33. The maximum Gasteiger partial charge on any atom is 0.230 e. The minimum absolute atomic E-state index is 0.137. The van der Waals surface area contributed by atoms with Crippen LogP contribution >= 0.6 is 0 Å². The van der Waals surface area contributed by atoms with Crippen LogP contribution in [-0.2, 0) is 10.0 Å². The van der Waals surface area contributed by atoms with Crippen molar-refractivity contribution in [3.05, 3.63) is 0 Å². The zero-order valence-electron chi connectivity index (χ0n) is 8.37. The van der Waals surface area contributed by atoms with E-state index in [9.17, 15) is 18.6 Å². The molecular formula is C8H14N2O4S. The Kier molecular flexibility index (Phi) is 3.67. The van der Waals surface area contributed by atoms with Gasteiger partial charge in [0.2, 0.25) is 10.0 Å². The van der Waals surface area contributed by atoms with Crippen LogP contribution in [0.3, 0.4) is 0 Å². The molecule has 1 fully saturated rings. The third kappa shape index (κ3) is 2.29. The van der Waals surface area contributed by atoms with E-state index in [-0.39, 0.29) is 19.5 Å². The maximum absolute atomic E-state index is 11.8. The number of hydrogen-bond acceptors (Lipinski definition) is 5. The Hall–Kier alpha value is -0.680. The summed E-state index contributed by atoms with van der Waals surface area (Å²) in [6.07, 6.45) is -1.92. The van der Waals surface area contributed by atoms with Gasteiger partial charge in [-0.15, -0.1) is 0 Å². The molecule has 15 heavy (non-hydrogen) atoms. The van der Waals surface area contributed by atoms with Gasteiger partial charge in [0, 0.05) is 13.1 Å². The van der Waals surface area contributed by atoms with Crippen molar-refractivity contribution in [2.24, 2.45) is 0 Å². The summed E-state index contributed by atoms with van der Waals surface area (Å²) in [5.74, 6) is 0. The first-order valence-corrected chi connectivity index (χ1v) is 6.18. The molecule has 1 saturated heterocycles. The van der Waals surface area contributed by atoms with Gasteiger partial charge in [0.15, 0.2) is 5.25 Å². The number of nitrogens with zero attached hydrogens (tertiary/aromatic N) is 2. The van der Waals surface area contributed by atoms with Crippen molar-refractivity contribution < 1.29 is 18.6 Å². The Morgan fingerprint density at radius 2 is 1.93 bits per heavy atom. The van der Waals surface area contributed by atoms with E-state index in [1.807, 2.05) is 0 Å². The van der Waals surface area contributed by atoms with E-state index in [0.717, 1.165) is 4.31 Å². The Balaban J connectivity index is 2.85. The Morgan fingerprint density at radius 1 is 1.47 bits per heavy atom. The molecule has 86 valence electrons. The van der Waals surface area contributed by atoms with Crippen LogP contribution in [0.4, 0.5) is 0 Å². The second-order valence-electron chi connectivity index (χ2n) is 3.52. The lowest BCUT2D eigenvalue weighted by Gasteiger charge is -2.18. The summed E-state index contributed by atoms with van der Waals surface area (Å²) in [5.41, 5.74) is 0. The first-order valence-electron chi connectivity index (χ1n) is 4.68. The summed E-state index contributed by atoms with van der Waals surface area (Å²) < 4.78 is 24.5. The predicted molar refractivity (Wildman–Crippen MR) is 52.2 cm³/mol. The predicted octanol–water partition coefficient (Wildman–Crippen LogP) is -1.34. The summed E-state index contributed by atoms with van der Waals surface area (Å²) >= 11 is 0. The first-order chi connectivity index (χ1) is 6.93. The monoisotopic (exact) mass is 234 g/mol. The van der Waals surface area contributed by atoms with Crippen molar-refractivity contribution in [3.8, 4) is 6.07 Å². The highest BCUT2D eigenvalue weighted by atomic mass is 32.2. The zero-order chi connectivity index (χ0) is 11.6. The normalized spacial score (nSPS) is 30.0. The maximum atomic E-state index is 11.8. The molecule has 0 bridgehead atoms. The lowest BCUT2D eigenvalue weighted by atomic mass is 10.3. The van der Waals surface area contributed by atoms with Crippen LogP contribution in [0.25, 0.3) is 0 Å². The fourth-order valence-electron chi connectivity index (χ4n) is 1.49. The van der Waals surface area contributed by atoms with E-state index >= 15 is 0 Å². The SMILES string of the molecule is CCC(C#N)S(=O)(=O)N1C[C@@H](O)[C@@H](O)C1. The van der Waals surface area contributed by atoms with Gasteiger partial charge in [-0.25, -0.2) is 8.42 Å². The van der Waals surface area contributed by atoms with Gasteiger partial charge < -0.3 is 10.2 Å². The van der Waals surface area contributed by atoms with Gasteiger partial charge in [0.05, 0.1) is 18.3 Å². The third-order valence-corrected chi connectivity index (χ3v) is 4.64. The van der Waals surface area contributed by atoms with Crippen molar-refractivity contribution in [1.29, 1.82) is 5.26 Å². The van der Waals surface area contributed by atoms with Crippen LogP contribution < -0.4 is 0 Å². The molecule has 0 aromatic rings. The molecule has 0 aromatic heterocycles. The number of β-amino-alcohol motifs (C(OH)–C–C–N with tert-alkyl or cyclic N) is 2. The average Bonchev–Trinajstić information content (AvgIpc) is 2.49. The van der Waals surface area contributed by atoms with Gasteiger partial charge in [-0.1, -0.05) is 6.92 Å². The number of sulfonamides is 1. The molecule has 3 atom stereocenters. The summed E-state index contributed by atoms with van der Waals surface area (Å²) in [4.78, 5) is 0. The smallest absolute Gasteiger partial charge is 0.230 e. The molecular weight excluding hydrogens is 220 g/mol. The molecule has 1 unspecified atom stereocenters. The lowest BCUT2D eigenvalue weighted by Crippen LogP contribution is -2.37. The molecule has 0 aromatic carbocycles. The van der Waals surface area contributed by atoms with E-state index in [0.29, 0.717) is 0 Å². The van der Waals surface area contributed by atoms with Gasteiger partial charge in [-0.3, -0.25) is 0 Å². The number of hydrogen-bond donors (Lipinski definition) is 2. The summed E-state index contributed by atoms with van der Waals surface area (Å²) in [6, 6.07) is 1.71. The molecule has 1 aliphatic rings. The van der Waals surface area contributed by atoms with Crippen molar-refractivity contribution >= 4 is 10.0 Å². The van der Waals surface area contributed by atoms with Gasteiger partial charge >= 0.3 is 0 Å². The molecule has 7 heteroatoms. The molecule has 0 saturated carbocycles. The average molecular weight is 234 g/mol. The van der Waals surface area contributed by atoms with Crippen LogP contribution in [-0.4, -0.2) is 53.5 Å². The first kappa shape index (κ1) is 12.4. The van der Waals surface area contributed by atoms with E-state index in [4.69, 9.17) is 5.26 Å². The van der Waals surface area contributed by atoms with Crippen LogP contribution in [0.1, 0.15) is 13.3 Å². The van der Waals surface area contributed by atoms with Crippen molar-refractivity contribution in [2.75, 3.05) is 13.1 Å². The number of nitriles is 1. The fraction of sp³-hybridized carbons (Fsp3) is 0.875. The number of rotatable bonds is 3. The Bertz CT molecular complexity index is 351. The van der Waals surface area contributed by atoms with E-state index in [2.05, 4.69) is 0 Å². The van der Waals surface area contributed by atoms with Crippen LogP contribution in [0.5, 0.6) is 0 Å². The molecule has 2 N–H and O–H groups in total. The molecule has 0 spiro atoms. The standard InChI is InChI=1S/C8H14N2O4S/c1-2-6(3-9)15(13,14)10-4-7(11)8(12)5-10/h6-8,11-12H,2,4-5H2,1H3/t6?,7-,8+. The minimum Gasteiger partial charge on any atom is -0.389 e. The molecule has 6 nitrogen and oxygen atoms in total. The van der Waals surface area contributed by atoms with Gasteiger partial charge in [0.25, 0.3) is 0 Å². The number of aliphatic hydroxyl groups is 2. The molecule has 0 radical (unpaired) electrons. The topological polar surface area (TPSA) is 102 Å².